The monoisotopic (exact) mass is 297 g/mol. The first-order chi connectivity index (χ1) is 10.1. The summed E-state index contributed by atoms with van der Waals surface area (Å²) in [6.07, 6.45) is 1.65. The summed E-state index contributed by atoms with van der Waals surface area (Å²) in [4.78, 5) is 26.0. The van der Waals surface area contributed by atoms with Crippen LogP contribution in [-0.2, 0) is 0 Å². The molecule has 0 unspecified atom stereocenters. The zero-order chi connectivity index (χ0) is 14.6. The van der Waals surface area contributed by atoms with Crippen molar-refractivity contribution in [1.82, 2.24) is 10.2 Å². The second-order valence-corrected chi connectivity index (χ2v) is 5.21. The Bertz CT molecular complexity index is 916. The predicted octanol–water partition coefficient (Wildman–Crippen LogP) is 3.02. The highest BCUT2D eigenvalue weighted by Crippen LogP contribution is 2.31. The van der Waals surface area contributed by atoms with Crippen LogP contribution in [-0.4, -0.2) is 22.0 Å². The number of amides is 2. The topological polar surface area (TPSA) is 66.1 Å². The second kappa shape index (κ2) is 4.17. The van der Waals surface area contributed by atoms with Crippen LogP contribution >= 0.6 is 11.6 Å². The van der Waals surface area contributed by atoms with Gasteiger partial charge >= 0.3 is 0 Å². The van der Waals surface area contributed by atoms with Crippen molar-refractivity contribution >= 4 is 40.0 Å². The van der Waals surface area contributed by atoms with Gasteiger partial charge in [0.25, 0.3) is 11.8 Å². The number of rotatable bonds is 1. The van der Waals surface area contributed by atoms with E-state index < -0.39 is 0 Å². The fraction of sp³-hybridized carbons (Fsp3) is 0. The summed E-state index contributed by atoms with van der Waals surface area (Å²) in [5.41, 5.74) is 2.07. The molecule has 0 fully saturated rings. The van der Waals surface area contributed by atoms with Crippen LogP contribution in [0.5, 0.6) is 0 Å². The first-order valence-electron chi connectivity index (χ1n) is 6.26. The molecule has 21 heavy (non-hydrogen) atoms. The number of benzene rings is 2. The van der Waals surface area contributed by atoms with Crippen molar-refractivity contribution < 1.29 is 9.59 Å². The Morgan fingerprint density at radius 1 is 1.00 bits per heavy atom. The molecule has 0 aliphatic carbocycles. The smallest absolute Gasteiger partial charge is 0.266 e. The maximum Gasteiger partial charge on any atom is 0.266 e. The normalized spacial score (nSPS) is 14.0. The van der Waals surface area contributed by atoms with Gasteiger partial charge in [0.1, 0.15) is 0 Å². The van der Waals surface area contributed by atoms with Gasteiger partial charge in [0, 0.05) is 10.4 Å². The number of aromatic nitrogens is 2. The van der Waals surface area contributed by atoms with Gasteiger partial charge in [-0.2, -0.15) is 5.10 Å². The van der Waals surface area contributed by atoms with E-state index in [2.05, 4.69) is 10.2 Å². The van der Waals surface area contributed by atoms with E-state index in [0.717, 1.165) is 15.8 Å². The van der Waals surface area contributed by atoms with Gasteiger partial charge in [-0.05, 0) is 36.4 Å². The molecule has 2 heterocycles. The fourth-order valence-corrected chi connectivity index (χ4v) is 2.69. The molecular formula is C15H8ClN3O2. The van der Waals surface area contributed by atoms with E-state index in [1.54, 1.807) is 36.5 Å². The number of anilines is 1. The lowest BCUT2D eigenvalue weighted by atomic mass is 10.1. The third-order valence-corrected chi connectivity index (χ3v) is 3.77. The summed E-state index contributed by atoms with van der Waals surface area (Å²) >= 11 is 5.90. The molecule has 0 atom stereocenters. The second-order valence-electron chi connectivity index (χ2n) is 4.78. The lowest BCUT2D eigenvalue weighted by Gasteiger charge is -2.13. The maximum atomic E-state index is 12.5. The molecule has 0 spiro atoms. The molecule has 6 heteroatoms. The number of carbonyl (C=O) groups is 2. The van der Waals surface area contributed by atoms with E-state index in [0.29, 0.717) is 21.8 Å². The summed E-state index contributed by atoms with van der Waals surface area (Å²) in [7, 11) is 0. The Balaban J connectivity index is 1.86. The molecule has 1 aliphatic rings. The number of carbonyl (C=O) groups excluding carboxylic acids is 2. The number of hydrogen-bond acceptors (Lipinski definition) is 3. The van der Waals surface area contributed by atoms with Crippen LogP contribution in [0.4, 0.5) is 5.69 Å². The standard InChI is InChI=1S/C15H8ClN3O2/c16-9-1-3-11-12(6-9)15(21)19(14(11)20)10-2-4-13-8(5-10)7-17-18-13/h1-7H,(H,17,18). The average molecular weight is 298 g/mol. The van der Waals surface area contributed by atoms with Crippen LogP contribution in [0.1, 0.15) is 20.7 Å². The Morgan fingerprint density at radius 3 is 2.67 bits per heavy atom. The van der Waals surface area contributed by atoms with Gasteiger partial charge < -0.3 is 0 Å². The number of hydrogen-bond donors (Lipinski definition) is 1. The fourth-order valence-electron chi connectivity index (χ4n) is 2.52. The largest absolute Gasteiger partial charge is 0.278 e. The summed E-state index contributed by atoms with van der Waals surface area (Å²) in [6.45, 7) is 0. The lowest BCUT2D eigenvalue weighted by molar-refractivity contribution is 0.0926. The first-order valence-corrected chi connectivity index (χ1v) is 6.64. The Kier molecular flexibility index (Phi) is 2.40. The molecule has 1 aliphatic heterocycles. The molecule has 5 nitrogen and oxygen atoms in total. The number of aromatic amines is 1. The van der Waals surface area contributed by atoms with Crippen molar-refractivity contribution in [2.24, 2.45) is 0 Å². The van der Waals surface area contributed by atoms with Crippen molar-refractivity contribution in [3.05, 3.63) is 58.7 Å². The van der Waals surface area contributed by atoms with Crippen LogP contribution in [0.25, 0.3) is 10.9 Å². The number of H-pyrrole nitrogens is 1. The molecule has 4 rings (SSSR count). The molecule has 0 bridgehead atoms. The quantitative estimate of drug-likeness (QED) is 0.702. The highest BCUT2D eigenvalue weighted by molar-refractivity contribution is 6.36. The van der Waals surface area contributed by atoms with Crippen LogP contribution < -0.4 is 4.90 Å². The number of halogens is 1. The summed E-state index contributed by atoms with van der Waals surface area (Å²) < 4.78 is 0. The molecule has 1 N–H and O–H groups in total. The van der Waals surface area contributed by atoms with Gasteiger partial charge in [0.2, 0.25) is 0 Å². The number of nitrogens with zero attached hydrogens (tertiary/aromatic N) is 2. The zero-order valence-electron chi connectivity index (χ0n) is 10.6. The third kappa shape index (κ3) is 1.68. The van der Waals surface area contributed by atoms with Crippen LogP contribution in [0.15, 0.2) is 42.6 Å². The Hall–Kier alpha value is -2.66. The average Bonchev–Trinajstić information content (AvgIpc) is 3.02. The molecule has 3 aromatic rings. The van der Waals surface area contributed by atoms with Gasteiger partial charge in [-0.1, -0.05) is 11.6 Å². The van der Waals surface area contributed by atoms with E-state index in [-0.39, 0.29) is 11.8 Å². The maximum absolute atomic E-state index is 12.5. The van der Waals surface area contributed by atoms with Gasteiger partial charge in [0.15, 0.2) is 0 Å². The number of nitrogens with one attached hydrogen (secondary N) is 1. The van der Waals surface area contributed by atoms with Gasteiger partial charge in [0.05, 0.1) is 28.5 Å². The minimum absolute atomic E-state index is 0.333. The minimum Gasteiger partial charge on any atom is -0.278 e. The predicted molar refractivity (Wildman–Crippen MR) is 78.7 cm³/mol. The van der Waals surface area contributed by atoms with E-state index >= 15 is 0 Å². The van der Waals surface area contributed by atoms with E-state index in [9.17, 15) is 9.59 Å². The molecule has 1 aromatic heterocycles. The summed E-state index contributed by atoms with van der Waals surface area (Å²) in [6, 6.07) is 9.95. The van der Waals surface area contributed by atoms with E-state index in [4.69, 9.17) is 11.6 Å². The highest BCUT2D eigenvalue weighted by atomic mass is 35.5. The first kappa shape index (κ1) is 12.1. The SMILES string of the molecule is O=C1c2ccc(Cl)cc2C(=O)N1c1ccc2[nH]ncc2c1. The Morgan fingerprint density at radius 2 is 1.81 bits per heavy atom. The van der Waals surface area contributed by atoms with Crippen LogP contribution in [0.2, 0.25) is 5.02 Å². The van der Waals surface area contributed by atoms with Crippen LogP contribution in [0, 0.1) is 0 Å². The molecular weight excluding hydrogens is 290 g/mol. The number of imide groups is 1. The summed E-state index contributed by atoms with van der Waals surface area (Å²) in [5.74, 6) is -0.699. The van der Waals surface area contributed by atoms with E-state index in [1.165, 1.54) is 6.07 Å². The van der Waals surface area contributed by atoms with Crippen molar-refractivity contribution in [3.8, 4) is 0 Å². The molecule has 2 aromatic carbocycles. The van der Waals surface area contributed by atoms with Crippen molar-refractivity contribution in [1.29, 1.82) is 0 Å². The highest BCUT2D eigenvalue weighted by Gasteiger charge is 2.36. The van der Waals surface area contributed by atoms with Gasteiger partial charge in [-0.25, -0.2) is 4.90 Å². The summed E-state index contributed by atoms with van der Waals surface area (Å²) in [5, 5.41) is 8.02. The molecule has 0 saturated carbocycles. The lowest BCUT2D eigenvalue weighted by Crippen LogP contribution is -2.29. The number of fused-ring (bicyclic) bond motifs is 2. The molecule has 0 saturated heterocycles. The third-order valence-electron chi connectivity index (χ3n) is 3.53. The van der Waals surface area contributed by atoms with E-state index in [1.807, 2.05) is 0 Å². The minimum atomic E-state index is -0.361. The Labute approximate surface area is 124 Å². The molecule has 2 amide bonds. The van der Waals surface area contributed by atoms with Gasteiger partial charge in [-0.3, -0.25) is 14.7 Å². The van der Waals surface area contributed by atoms with Gasteiger partial charge in [-0.15, -0.1) is 0 Å². The molecule has 102 valence electrons. The van der Waals surface area contributed by atoms with Crippen LogP contribution in [0.3, 0.4) is 0 Å². The van der Waals surface area contributed by atoms with Crippen molar-refractivity contribution in [3.63, 3.8) is 0 Å². The zero-order valence-corrected chi connectivity index (χ0v) is 11.4. The van der Waals surface area contributed by atoms with Crippen molar-refractivity contribution in [2.75, 3.05) is 4.90 Å². The molecule has 0 radical (unpaired) electrons. The van der Waals surface area contributed by atoms with Crippen molar-refractivity contribution in [2.45, 2.75) is 0 Å².